The molecule has 1 heterocycles. The summed E-state index contributed by atoms with van der Waals surface area (Å²) in [5.41, 5.74) is 3.18. The maximum atomic E-state index is 12.9. The number of aryl methyl sites for hydroxylation is 1. The first-order valence-corrected chi connectivity index (χ1v) is 11.4. The summed E-state index contributed by atoms with van der Waals surface area (Å²) in [6.07, 6.45) is 1.94. The molecule has 0 saturated carbocycles. The molecule has 1 N–H and O–H groups in total. The average molecular weight is 417 g/mol. The van der Waals surface area contributed by atoms with Crippen LogP contribution in [0.1, 0.15) is 51.7 Å². The van der Waals surface area contributed by atoms with Crippen LogP contribution >= 0.6 is 0 Å². The number of carbonyl (C=O) groups excluding carboxylic acids is 2. The molecule has 6 heteroatoms. The van der Waals surface area contributed by atoms with Crippen LogP contribution in [0.2, 0.25) is 0 Å². The van der Waals surface area contributed by atoms with Gasteiger partial charge in [0, 0.05) is 44.0 Å². The van der Waals surface area contributed by atoms with E-state index in [1.165, 1.54) is 5.56 Å². The lowest BCUT2D eigenvalue weighted by molar-refractivity contribution is -0.137. The van der Waals surface area contributed by atoms with Crippen LogP contribution in [0.5, 0.6) is 0 Å². The predicted molar refractivity (Wildman–Crippen MR) is 124 cm³/mol. The van der Waals surface area contributed by atoms with Crippen molar-refractivity contribution < 1.29 is 9.59 Å². The van der Waals surface area contributed by atoms with Crippen LogP contribution in [-0.4, -0.2) is 77.9 Å². The Hall–Kier alpha value is -1.92. The third-order valence-corrected chi connectivity index (χ3v) is 6.49. The van der Waals surface area contributed by atoms with Crippen LogP contribution in [0.15, 0.2) is 18.2 Å². The number of carbonyl (C=O) groups is 2. The molecule has 0 aromatic heterocycles. The Labute approximate surface area is 182 Å². The van der Waals surface area contributed by atoms with Crippen LogP contribution < -0.4 is 5.32 Å². The zero-order valence-corrected chi connectivity index (χ0v) is 19.7. The molecule has 1 aromatic carbocycles. The zero-order valence-electron chi connectivity index (χ0n) is 19.7. The molecule has 0 radical (unpaired) electrons. The van der Waals surface area contributed by atoms with Gasteiger partial charge in [-0.15, -0.1) is 0 Å². The van der Waals surface area contributed by atoms with Gasteiger partial charge in [-0.25, -0.2) is 0 Å². The van der Waals surface area contributed by atoms with Crippen molar-refractivity contribution in [1.29, 1.82) is 0 Å². The highest BCUT2D eigenvalue weighted by atomic mass is 16.2. The Morgan fingerprint density at radius 2 is 1.50 bits per heavy atom. The van der Waals surface area contributed by atoms with E-state index in [4.69, 9.17) is 0 Å². The van der Waals surface area contributed by atoms with Gasteiger partial charge < -0.3 is 10.2 Å². The van der Waals surface area contributed by atoms with E-state index in [1.54, 1.807) is 0 Å². The van der Waals surface area contributed by atoms with Gasteiger partial charge in [-0.2, -0.15) is 0 Å². The zero-order chi connectivity index (χ0) is 22.3. The van der Waals surface area contributed by atoms with Gasteiger partial charge in [0.25, 0.3) is 0 Å². The van der Waals surface area contributed by atoms with Crippen molar-refractivity contribution in [1.82, 2.24) is 14.7 Å². The van der Waals surface area contributed by atoms with Crippen LogP contribution in [0.3, 0.4) is 0 Å². The minimum absolute atomic E-state index is 0.0212. The number of hydrogen-bond donors (Lipinski definition) is 1. The van der Waals surface area contributed by atoms with Crippen molar-refractivity contribution in [3.8, 4) is 0 Å². The number of hydrogen-bond acceptors (Lipinski definition) is 4. The normalized spacial score (nSPS) is 17.4. The molecule has 6 nitrogen and oxygen atoms in total. The van der Waals surface area contributed by atoms with Gasteiger partial charge in [-0.3, -0.25) is 19.4 Å². The Bertz CT molecular complexity index is 703. The molecular weight excluding hydrogens is 376 g/mol. The minimum atomic E-state index is 0.0212. The highest BCUT2D eigenvalue weighted by molar-refractivity contribution is 5.93. The third-order valence-electron chi connectivity index (χ3n) is 6.49. The Kier molecular flexibility index (Phi) is 9.31. The fourth-order valence-electron chi connectivity index (χ4n) is 3.98. The highest BCUT2D eigenvalue weighted by Gasteiger charge is 2.27. The molecule has 2 amide bonds. The van der Waals surface area contributed by atoms with E-state index in [-0.39, 0.29) is 23.9 Å². The molecule has 0 aliphatic carbocycles. The quantitative estimate of drug-likeness (QED) is 0.671. The molecule has 2 atom stereocenters. The molecule has 0 unspecified atom stereocenters. The summed E-state index contributed by atoms with van der Waals surface area (Å²) >= 11 is 0. The number of amides is 2. The molecule has 1 aliphatic heterocycles. The first-order chi connectivity index (χ1) is 14.3. The second-order valence-corrected chi connectivity index (χ2v) is 8.66. The van der Waals surface area contributed by atoms with Gasteiger partial charge in [0.15, 0.2) is 0 Å². The maximum absolute atomic E-state index is 12.9. The third kappa shape index (κ3) is 6.54. The van der Waals surface area contributed by atoms with Crippen LogP contribution in [-0.2, 0) is 9.59 Å². The average Bonchev–Trinajstić information content (AvgIpc) is 2.72. The number of piperazine rings is 1. The summed E-state index contributed by atoms with van der Waals surface area (Å²) in [7, 11) is 0. The fraction of sp³-hybridized carbons (Fsp3) is 0.667. The largest absolute Gasteiger partial charge is 0.336 e. The molecule has 2 rings (SSSR count). The Morgan fingerprint density at radius 3 is 2.03 bits per heavy atom. The fourth-order valence-corrected chi connectivity index (χ4v) is 3.98. The summed E-state index contributed by atoms with van der Waals surface area (Å²) in [5, 5.41) is 3.04. The van der Waals surface area contributed by atoms with Gasteiger partial charge >= 0.3 is 0 Å². The number of nitrogens with one attached hydrogen (secondary N) is 1. The van der Waals surface area contributed by atoms with Crippen molar-refractivity contribution in [2.45, 2.75) is 66.5 Å². The summed E-state index contributed by atoms with van der Waals surface area (Å²) < 4.78 is 0. The van der Waals surface area contributed by atoms with E-state index in [1.807, 2.05) is 19.1 Å². The Balaban J connectivity index is 1.82. The lowest BCUT2D eigenvalue weighted by atomic mass is 10.1. The highest BCUT2D eigenvalue weighted by Crippen LogP contribution is 2.18. The number of anilines is 1. The van der Waals surface area contributed by atoms with E-state index in [9.17, 15) is 9.59 Å². The van der Waals surface area contributed by atoms with Gasteiger partial charge in [0.05, 0.1) is 13.1 Å². The molecular formula is C24H40N4O2. The lowest BCUT2D eigenvalue weighted by Crippen LogP contribution is -2.53. The van der Waals surface area contributed by atoms with E-state index in [0.29, 0.717) is 13.1 Å². The van der Waals surface area contributed by atoms with E-state index < -0.39 is 0 Å². The van der Waals surface area contributed by atoms with Gasteiger partial charge in [-0.1, -0.05) is 26.0 Å². The van der Waals surface area contributed by atoms with Crippen molar-refractivity contribution >= 4 is 17.5 Å². The molecule has 1 aliphatic rings. The molecule has 1 fully saturated rings. The summed E-state index contributed by atoms with van der Waals surface area (Å²) in [4.78, 5) is 31.9. The standard InChI is InChI=1S/C24H40N4O2/c1-7-19(4)28(20(5)8-2)24(30)17-27-14-12-26(13-15-27)16-23(29)25-22-11-9-10-18(3)21(22)6/h9-11,19-20H,7-8,12-17H2,1-6H3,(H,25,29)/t19-,20+. The van der Waals surface area contributed by atoms with Gasteiger partial charge in [-0.05, 0) is 57.7 Å². The van der Waals surface area contributed by atoms with Crippen LogP contribution in [0.4, 0.5) is 5.69 Å². The van der Waals surface area contributed by atoms with Crippen molar-refractivity contribution in [2.24, 2.45) is 0 Å². The smallest absolute Gasteiger partial charge is 0.238 e. The topological polar surface area (TPSA) is 55.9 Å². The lowest BCUT2D eigenvalue weighted by Gasteiger charge is -2.38. The second kappa shape index (κ2) is 11.5. The monoisotopic (exact) mass is 416 g/mol. The molecule has 0 spiro atoms. The first kappa shape index (κ1) is 24.4. The molecule has 30 heavy (non-hydrogen) atoms. The summed E-state index contributed by atoms with van der Waals surface area (Å²) in [6, 6.07) is 6.50. The first-order valence-electron chi connectivity index (χ1n) is 11.4. The van der Waals surface area contributed by atoms with Crippen LogP contribution in [0, 0.1) is 13.8 Å². The number of benzene rings is 1. The van der Waals surface area contributed by atoms with Gasteiger partial charge in [0.2, 0.25) is 11.8 Å². The predicted octanol–water partition coefficient (Wildman–Crippen LogP) is 3.29. The second-order valence-electron chi connectivity index (χ2n) is 8.66. The Morgan fingerprint density at radius 1 is 0.967 bits per heavy atom. The molecule has 1 aromatic rings. The number of nitrogens with zero attached hydrogens (tertiary/aromatic N) is 3. The van der Waals surface area contributed by atoms with E-state index in [2.05, 4.69) is 60.7 Å². The number of rotatable bonds is 9. The maximum Gasteiger partial charge on any atom is 0.238 e. The van der Waals surface area contributed by atoms with Crippen molar-refractivity contribution in [3.05, 3.63) is 29.3 Å². The van der Waals surface area contributed by atoms with Gasteiger partial charge in [0.1, 0.15) is 0 Å². The van der Waals surface area contributed by atoms with Crippen molar-refractivity contribution in [2.75, 3.05) is 44.6 Å². The molecule has 0 bridgehead atoms. The summed E-state index contributed by atoms with van der Waals surface area (Å²) in [6.45, 7) is 16.7. The van der Waals surface area contributed by atoms with Crippen molar-refractivity contribution in [3.63, 3.8) is 0 Å². The van der Waals surface area contributed by atoms with E-state index >= 15 is 0 Å². The molecule has 168 valence electrons. The van der Waals surface area contributed by atoms with E-state index in [0.717, 1.165) is 50.3 Å². The summed E-state index contributed by atoms with van der Waals surface area (Å²) in [5.74, 6) is 0.243. The minimum Gasteiger partial charge on any atom is -0.336 e. The SMILES string of the molecule is CC[C@@H](C)N(C(=O)CN1CCN(CC(=O)Nc2cccc(C)c2C)CC1)[C@@H](C)CC. The molecule has 1 saturated heterocycles. The van der Waals surface area contributed by atoms with Crippen LogP contribution in [0.25, 0.3) is 0 Å².